The number of pyridine rings is 1. The van der Waals surface area contributed by atoms with Gasteiger partial charge in [-0.25, -0.2) is 4.98 Å². The van der Waals surface area contributed by atoms with Gasteiger partial charge in [0.1, 0.15) is 5.69 Å². The molecule has 82 valence electrons. The first-order valence-corrected chi connectivity index (χ1v) is 5.44. The van der Waals surface area contributed by atoms with Gasteiger partial charge < -0.3 is 10.4 Å². The van der Waals surface area contributed by atoms with E-state index in [2.05, 4.69) is 26.2 Å². The third-order valence-corrected chi connectivity index (χ3v) is 2.54. The quantitative estimate of drug-likeness (QED) is 0.866. The molecule has 0 spiro atoms. The molecular formula is C10H13BrN2O2. The molecule has 0 aliphatic rings. The number of hydrogen-bond donors (Lipinski definition) is 2. The predicted molar refractivity (Wildman–Crippen MR) is 60.5 cm³/mol. The standard InChI is InChI=1S/C10H13BrN2O2/c1-7(6-14)5-13-10(15)9-8(11)3-2-4-12-9/h2-4,7,14H,5-6H2,1H3,(H,13,15). The molecule has 0 aromatic carbocycles. The third kappa shape index (κ3) is 3.60. The number of halogens is 1. The molecule has 1 atom stereocenters. The number of carbonyl (C=O) groups excluding carboxylic acids is 1. The normalized spacial score (nSPS) is 12.2. The molecule has 1 rings (SSSR count). The molecule has 0 bridgehead atoms. The van der Waals surface area contributed by atoms with Gasteiger partial charge >= 0.3 is 0 Å². The second-order valence-electron chi connectivity index (χ2n) is 3.33. The first-order chi connectivity index (χ1) is 7.15. The lowest BCUT2D eigenvalue weighted by atomic mass is 10.2. The molecular weight excluding hydrogens is 260 g/mol. The van der Waals surface area contributed by atoms with E-state index in [1.54, 1.807) is 18.3 Å². The van der Waals surface area contributed by atoms with Crippen molar-refractivity contribution in [2.24, 2.45) is 5.92 Å². The fourth-order valence-electron chi connectivity index (χ4n) is 0.968. The van der Waals surface area contributed by atoms with Crippen LogP contribution in [-0.2, 0) is 0 Å². The van der Waals surface area contributed by atoms with E-state index in [0.717, 1.165) is 0 Å². The van der Waals surface area contributed by atoms with Crippen molar-refractivity contribution in [1.29, 1.82) is 0 Å². The van der Waals surface area contributed by atoms with Gasteiger partial charge in [0.15, 0.2) is 0 Å². The average Bonchev–Trinajstić information content (AvgIpc) is 2.26. The van der Waals surface area contributed by atoms with Gasteiger partial charge in [0, 0.05) is 23.8 Å². The second-order valence-corrected chi connectivity index (χ2v) is 4.19. The molecule has 4 nitrogen and oxygen atoms in total. The van der Waals surface area contributed by atoms with E-state index < -0.39 is 0 Å². The average molecular weight is 273 g/mol. The van der Waals surface area contributed by atoms with Crippen LogP contribution in [0.1, 0.15) is 17.4 Å². The van der Waals surface area contributed by atoms with Gasteiger partial charge in [0.25, 0.3) is 5.91 Å². The summed E-state index contributed by atoms with van der Waals surface area (Å²) in [5.74, 6) is -0.181. The molecule has 0 fully saturated rings. The van der Waals surface area contributed by atoms with Gasteiger partial charge in [-0.1, -0.05) is 6.92 Å². The summed E-state index contributed by atoms with van der Waals surface area (Å²) < 4.78 is 0.666. The smallest absolute Gasteiger partial charge is 0.271 e. The number of hydrogen-bond acceptors (Lipinski definition) is 3. The number of nitrogens with one attached hydrogen (secondary N) is 1. The van der Waals surface area contributed by atoms with Crippen molar-refractivity contribution >= 4 is 21.8 Å². The minimum Gasteiger partial charge on any atom is -0.396 e. The van der Waals surface area contributed by atoms with Crippen LogP contribution in [0.4, 0.5) is 0 Å². The summed E-state index contributed by atoms with van der Waals surface area (Å²) in [5, 5.41) is 11.5. The number of amides is 1. The lowest BCUT2D eigenvalue weighted by molar-refractivity contribution is 0.0936. The summed E-state index contributed by atoms with van der Waals surface area (Å²) in [6.45, 7) is 2.36. The topological polar surface area (TPSA) is 62.2 Å². The van der Waals surface area contributed by atoms with Gasteiger partial charge in [-0.05, 0) is 34.0 Å². The molecule has 1 heterocycles. The van der Waals surface area contributed by atoms with E-state index in [1.165, 1.54) is 0 Å². The van der Waals surface area contributed by atoms with E-state index >= 15 is 0 Å². The van der Waals surface area contributed by atoms with E-state index in [1.807, 2.05) is 6.92 Å². The zero-order chi connectivity index (χ0) is 11.3. The Hall–Kier alpha value is -0.940. The first kappa shape index (κ1) is 12.1. The van der Waals surface area contributed by atoms with Gasteiger partial charge in [0.05, 0.1) is 0 Å². The molecule has 1 unspecified atom stereocenters. The number of aromatic nitrogens is 1. The molecule has 0 saturated heterocycles. The van der Waals surface area contributed by atoms with Crippen molar-refractivity contribution in [2.45, 2.75) is 6.92 Å². The Balaban J connectivity index is 2.58. The van der Waals surface area contributed by atoms with Crippen molar-refractivity contribution < 1.29 is 9.90 Å². The molecule has 0 saturated carbocycles. The highest BCUT2D eigenvalue weighted by Gasteiger charge is 2.11. The maximum absolute atomic E-state index is 11.6. The molecule has 0 radical (unpaired) electrons. The highest BCUT2D eigenvalue weighted by molar-refractivity contribution is 9.10. The Morgan fingerprint density at radius 3 is 3.07 bits per heavy atom. The summed E-state index contributed by atoms with van der Waals surface area (Å²) in [6, 6.07) is 3.51. The van der Waals surface area contributed by atoms with Crippen molar-refractivity contribution in [2.75, 3.05) is 13.2 Å². The lowest BCUT2D eigenvalue weighted by Gasteiger charge is -2.09. The molecule has 1 aromatic heterocycles. The number of aliphatic hydroxyl groups excluding tert-OH is 1. The predicted octanol–water partition coefficient (Wildman–Crippen LogP) is 1.20. The van der Waals surface area contributed by atoms with Crippen LogP contribution in [-0.4, -0.2) is 29.1 Å². The van der Waals surface area contributed by atoms with Crippen molar-refractivity contribution in [3.8, 4) is 0 Å². The number of aliphatic hydroxyl groups is 1. The first-order valence-electron chi connectivity index (χ1n) is 4.64. The number of carbonyl (C=O) groups is 1. The van der Waals surface area contributed by atoms with Crippen LogP contribution in [0.5, 0.6) is 0 Å². The van der Waals surface area contributed by atoms with E-state index in [0.29, 0.717) is 16.7 Å². The molecule has 1 aromatic rings. The van der Waals surface area contributed by atoms with Crippen molar-refractivity contribution in [3.63, 3.8) is 0 Å². The van der Waals surface area contributed by atoms with Crippen LogP contribution >= 0.6 is 15.9 Å². The Morgan fingerprint density at radius 2 is 2.47 bits per heavy atom. The van der Waals surface area contributed by atoms with Crippen molar-refractivity contribution in [3.05, 3.63) is 28.5 Å². The zero-order valence-electron chi connectivity index (χ0n) is 8.40. The Kier molecular flexibility index (Phi) is 4.71. The van der Waals surface area contributed by atoms with E-state index in [-0.39, 0.29) is 18.4 Å². The number of nitrogens with zero attached hydrogens (tertiary/aromatic N) is 1. The molecule has 2 N–H and O–H groups in total. The third-order valence-electron chi connectivity index (χ3n) is 1.90. The lowest BCUT2D eigenvalue weighted by Crippen LogP contribution is -2.30. The van der Waals surface area contributed by atoms with E-state index in [9.17, 15) is 4.79 Å². The largest absolute Gasteiger partial charge is 0.396 e. The fraction of sp³-hybridized carbons (Fsp3) is 0.400. The van der Waals surface area contributed by atoms with Gasteiger partial charge in [-0.3, -0.25) is 4.79 Å². The Bertz CT molecular complexity index is 344. The molecule has 0 aliphatic carbocycles. The summed E-state index contributed by atoms with van der Waals surface area (Å²) in [7, 11) is 0. The summed E-state index contributed by atoms with van der Waals surface area (Å²) >= 11 is 3.25. The minimum absolute atomic E-state index is 0.0523. The molecule has 0 aliphatic heterocycles. The van der Waals surface area contributed by atoms with Crippen LogP contribution in [0.3, 0.4) is 0 Å². The second kappa shape index (κ2) is 5.82. The van der Waals surface area contributed by atoms with Crippen LogP contribution in [0.15, 0.2) is 22.8 Å². The molecule has 5 heteroatoms. The summed E-state index contributed by atoms with van der Waals surface area (Å²) in [4.78, 5) is 15.6. The maximum Gasteiger partial charge on any atom is 0.271 e. The molecule has 15 heavy (non-hydrogen) atoms. The SMILES string of the molecule is CC(CO)CNC(=O)c1ncccc1Br. The van der Waals surface area contributed by atoms with Gasteiger partial charge in [-0.2, -0.15) is 0 Å². The molecule has 1 amide bonds. The Labute approximate surface area is 96.8 Å². The van der Waals surface area contributed by atoms with Crippen LogP contribution < -0.4 is 5.32 Å². The minimum atomic E-state index is -0.234. The monoisotopic (exact) mass is 272 g/mol. The summed E-state index contributed by atoms with van der Waals surface area (Å²) in [5.41, 5.74) is 0.364. The fourth-order valence-corrected chi connectivity index (χ4v) is 1.40. The Morgan fingerprint density at radius 1 is 1.73 bits per heavy atom. The van der Waals surface area contributed by atoms with Gasteiger partial charge in [0.2, 0.25) is 0 Å². The van der Waals surface area contributed by atoms with Crippen LogP contribution in [0.25, 0.3) is 0 Å². The van der Waals surface area contributed by atoms with Crippen molar-refractivity contribution in [1.82, 2.24) is 10.3 Å². The van der Waals surface area contributed by atoms with Crippen LogP contribution in [0.2, 0.25) is 0 Å². The highest BCUT2D eigenvalue weighted by atomic mass is 79.9. The highest BCUT2D eigenvalue weighted by Crippen LogP contribution is 2.12. The summed E-state index contributed by atoms with van der Waals surface area (Å²) in [6.07, 6.45) is 1.56. The van der Waals surface area contributed by atoms with E-state index in [4.69, 9.17) is 5.11 Å². The van der Waals surface area contributed by atoms with Crippen LogP contribution in [0, 0.1) is 5.92 Å². The number of rotatable bonds is 4. The zero-order valence-corrected chi connectivity index (χ0v) is 9.99. The maximum atomic E-state index is 11.6. The van der Waals surface area contributed by atoms with Gasteiger partial charge in [-0.15, -0.1) is 0 Å².